The Kier molecular flexibility index (Phi) is 5.20. The molecule has 0 radical (unpaired) electrons. The molecule has 0 saturated heterocycles. The van der Waals surface area contributed by atoms with Gasteiger partial charge in [-0.25, -0.2) is 14.2 Å². The molecule has 0 N–H and O–H groups in total. The molecule has 2 aromatic heterocycles. The molecule has 8 heteroatoms. The lowest BCUT2D eigenvalue weighted by Gasteiger charge is -2.08. The van der Waals surface area contributed by atoms with Crippen molar-refractivity contribution in [3.05, 3.63) is 74.4 Å². The minimum atomic E-state index is -0.534. The minimum absolute atomic E-state index is 0.0567. The second-order valence-corrected chi connectivity index (χ2v) is 6.91. The lowest BCUT2D eigenvalue weighted by Crippen LogP contribution is -2.21. The van der Waals surface area contributed by atoms with Gasteiger partial charge >= 0.3 is 5.97 Å². The molecule has 1 aromatic carbocycles. The van der Waals surface area contributed by atoms with Crippen molar-refractivity contribution in [1.29, 1.82) is 0 Å². The molecule has 3 rings (SSSR count). The highest BCUT2D eigenvalue weighted by Gasteiger charge is 2.21. The predicted octanol–water partition coefficient (Wildman–Crippen LogP) is 3.95. The number of aromatic nitrogens is 2. The monoisotopic (exact) mass is 392 g/mol. The first-order valence-corrected chi connectivity index (χ1v) is 8.83. The zero-order valence-corrected chi connectivity index (χ0v) is 15.4. The van der Waals surface area contributed by atoms with Crippen LogP contribution < -0.4 is 5.56 Å². The number of rotatable bonds is 5. The molecule has 0 atom stereocenters. The molecule has 0 fully saturated rings. The number of thiophene rings is 1. The van der Waals surface area contributed by atoms with Crippen LogP contribution in [-0.4, -0.2) is 22.1 Å². The molecule has 0 bridgehead atoms. The summed E-state index contributed by atoms with van der Waals surface area (Å²) in [7, 11) is 0. The van der Waals surface area contributed by atoms with Crippen LogP contribution in [0.3, 0.4) is 0 Å². The van der Waals surface area contributed by atoms with E-state index in [0.29, 0.717) is 20.7 Å². The minimum Gasteiger partial charge on any atom is -0.457 e. The number of benzene rings is 1. The van der Waals surface area contributed by atoms with E-state index in [9.17, 15) is 14.0 Å². The van der Waals surface area contributed by atoms with Gasteiger partial charge in [-0.05, 0) is 24.6 Å². The van der Waals surface area contributed by atoms with Crippen LogP contribution in [0.1, 0.15) is 20.8 Å². The van der Waals surface area contributed by atoms with E-state index < -0.39 is 11.8 Å². The van der Waals surface area contributed by atoms with Gasteiger partial charge in [0.1, 0.15) is 22.1 Å². The summed E-state index contributed by atoms with van der Waals surface area (Å²) >= 11 is 7.12. The molecule has 0 aliphatic carbocycles. The molecule has 0 spiro atoms. The molecule has 134 valence electrons. The Morgan fingerprint density at radius 1 is 1.50 bits per heavy atom. The van der Waals surface area contributed by atoms with Crippen LogP contribution >= 0.6 is 22.9 Å². The molecule has 5 nitrogen and oxygen atoms in total. The normalized spacial score (nSPS) is 10.9. The third-order valence-electron chi connectivity index (χ3n) is 3.83. The lowest BCUT2D eigenvalue weighted by atomic mass is 10.2. The van der Waals surface area contributed by atoms with E-state index in [1.54, 1.807) is 13.0 Å². The van der Waals surface area contributed by atoms with Crippen molar-refractivity contribution in [2.45, 2.75) is 13.5 Å². The highest BCUT2D eigenvalue weighted by molar-refractivity contribution is 7.20. The van der Waals surface area contributed by atoms with Crippen LogP contribution in [0, 0.1) is 12.7 Å². The molecule has 0 saturated carbocycles. The summed E-state index contributed by atoms with van der Waals surface area (Å²) in [5.41, 5.74) is 0.326. The standard InChI is InChI=1S/C18H14ClFN2O3S/c1-3-7-25-18(24)15-10(2)14-16(26-15)21-9-22(17(14)23)8-11-12(19)5-4-6-13(11)20/h3-6,9H,1,7-8H2,2H3. The number of carbonyl (C=O) groups is 1. The van der Waals surface area contributed by atoms with E-state index >= 15 is 0 Å². The fraction of sp³-hybridized carbons (Fsp3) is 0.167. The quantitative estimate of drug-likeness (QED) is 0.487. The third kappa shape index (κ3) is 3.27. The van der Waals surface area contributed by atoms with Crippen molar-refractivity contribution in [3.63, 3.8) is 0 Å². The van der Waals surface area contributed by atoms with Gasteiger partial charge in [0.15, 0.2) is 0 Å². The Labute approximate surface area is 157 Å². The first kappa shape index (κ1) is 18.3. The first-order valence-electron chi connectivity index (χ1n) is 7.63. The van der Waals surface area contributed by atoms with Gasteiger partial charge < -0.3 is 4.74 Å². The van der Waals surface area contributed by atoms with Crippen LogP contribution in [-0.2, 0) is 11.3 Å². The Bertz CT molecular complexity index is 1050. The van der Waals surface area contributed by atoms with Crippen molar-refractivity contribution >= 4 is 39.1 Å². The van der Waals surface area contributed by atoms with E-state index in [4.69, 9.17) is 16.3 Å². The van der Waals surface area contributed by atoms with Gasteiger partial charge in [-0.3, -0.25) is 9.36 Å². The Morgan fingerprint density at radius 2 is 2.27 bits per heavy atom. The maximum Gasteiger partial charge on any atom is 0.348 e. The zero-order chi connectivity index (χ0) is 18.8. The van der Waals surface area contributed by atoms with Gasteiger partial charge in [0, 0.05) is 10.6 Å². The molecule has 26 heavy (non-hydrogen) atoms. The van der Waals surface area contributed by atoms with Gasteiger partial charge in [0.2, 0.25) is 0 Å². The summed E-state index contributed by atoms with van der Waals surface area (Å²) in [4.78, 5) is 29.9. The third-order valence-corrected chi connectivity index (χ3v) is 5.36. The summed E-state index contributed by atoms with van der Waals surface area (Å²) < 4.78 is 20.3. The summed E-state index contributed by atoms with van der Waals surface area (Å²) in [6.45, 7) is 5.17. The number of hydrogen-bond acceptors (Lipinski definition) is 5. The molecule has 0 amide bonds. The largest absolute Gasteiger partial charge is 0.457 e. The van der Waals surface area contributed by atoms with Crippen molar-refractivity contribution in [2.24, 2.45) is 0 Å². The first-order chi connectivity index (χ1) is 12.4. The topological polar surface area (TPSA) is 61.2 Å². The number of fused-ring (bicyclic) bond motifs is 1. The maximum atomic E-state index is 14.0. The molecule has 0 aliphatic heterocycles. The van der Waals surface area contributed by atoms with E-state index in [1.165, 1.54) is 29.1 Å². The highest BCUT2D eigenvalue weighted by Crippen LogP contribution is 2.28. The fourth-order valence-corrected chi connectivity index (χ4v) is 3.78. The van der Waals surface area contributed by atoms with E-state index in [1.807, 2.05) is 0 Å². The fourth-order valence-electron chi connectivity index (χ4n) is 2.52. The zero-order valence-electron chi connectivity index (χ0n) is 13.8. The molecule has 2 heterocycles. The number of halogens is 2. The van der Waals surface area contributed by atoms with Crippen LogP contribution in [0.15, 0.2) is 42.0 Å². The van der Waals surface area contributed by atoms with Gasteiger partial charge in [-0.2, -0.15) is 0 Å². The van der Waals surface area contributed by atoms with E-state index in [0.717, 1.165) is 11.3 Å². The molecule has 3 aromatic rings. The molecular weight excluding hydrogens is 379 g/mol. The Morgan fingerprint density at radius 3 is 2.96 bits per heavy atom. The average Bonchev–Trinajstić information content (AvgIpc) is 2.95. The second kappa shape index (κ2) is 7.39. The van der Waals surface area contributed by atoms with Crippen LogP contribution in [0.2, 0.25) is 5.02 Å². The van der Waals surface area contributed by atoms with Crippen molar-refractivity contribution in [2.75, 3.05) is 6.61 Å². The predicted molar refractivity (Wildman–Crippen MR) is 99.6 cm³/mol. The van der Waals surface area contributed by atoms with Crippen LogP contribution in [0.5, 0.6) is 0 Å². The number of esters is 1. The summed E-state index contributed by atoms with van der Waals surface area (Å²) in [6.07, 6.45) is 2.78. The second-order valence-electron chi connectivity index (χ2n) is 5.50. The summed E-state index contributed by atoms with van der Waals surface area (Å²) in [6, 6.07) is 4.33. The maximum absolute atomic E-state index is 14.0. The van der Waals surface area contributed by atoms with E-state index in [2.05, 4.69) is 11.6 Å². The SMILES string of the molecule is C=CCOC(=O)c1sc2ncn(Cc3c(F)cccc3Cl)c(=O)c2c1C. The van der Waals surface area contributed by atoms with Gasteiger partial charge in [0.05, 0.1) is 18.3 Å². The van der Waals surface area contributed by atoms with Crippen LogP contribution in [0.25, 0.3) is 10.2 Å². The lowest BCUT2D eigenvalue weighted by molar-refractivity contribution is 0.0555. The van der Waals surface area contributed by atoms with Gasteiger partial charge in [0.25, 0.3) is 5.56 Å². The molecular formula is C18H14ClFN2O3S. The van der Waals surface area contributed by atoms with Crippen molar-refractivity contribution < 1.29 is 13.9 Å². The molecule has 0 unspecified atom stereocenters. The average molecular weight is 393 g/mol. The number of aryl methyl sites for hydroxylation is 1. The van der Waals surface area contributed by atoms with Gasteiger partial charge in [-0.1, -0.05) is 30.3 Å². The number of carbonyl (C=O) groups excluding carboxylic acids is 1. The summed E-state index contributed by atoms with van der Waals surface area (Å²) in [5, 5.41) is 0.545. The highest BCUT2D eigenvalue weighted by atomic mass is 35.5. The summed E-state index contributed by atoms with van der Waals surface area (Å²) in [5.74, 6) is -1.03. The van der Waals surface area contributed by atoms with Crippen LogP contribution in [0.4, 0.5) is 4.39 Å². The Balaban J connectivity index is 2.06. The van der Waals surface area contributed by atoms with Crippen molar-refractivity contribution in [3.8, 4) is 0 Å². The number of ether oxygens (including phenoxy) is 1. The smallest absolute Gasteiger partial charge is 0.348 e. The Hall–Kier alpha value is -2.51. The number of hydrogen-bond donors (Lipinski definition) is 0. The van der Waals surface area contributed by atoms with E-state index in [-0.39, 0.29) is 29.3 Å². The molecule has 0 aliphatic rings. The van der Waals surface area contributed by atoms with Crippen molar-refractivity contribution in [1.82, 2.24) is 9.55 Å². The number of nitrogens with zero attached hydrogens (tertiary/aromatic N) is 2. The van der Waals surface area contributed by atoms with Gasteiger partial charge in [-0.15, -0.1) is 11.3 Å².